The van der Waals surface area contributed by atoms with Crippen LogP contribution in [0.1, 0.15) is 6.92 Å². The molecule has 1 unspecified atom stereocenters. The number of nitrogens with one attached hydrogen (secondary N) is 1. The van der Waals surface area contributed by atoms with E-state index in [1.165, 1.54) is 12.3 Å². The van der Waals surface area contributed by atoms with Gasteiger partial charge >= 0.3 is 0 Å². The van der Waals surface area contributed by atoms with E-state index in [4.69, 9.17) is 16.0 Å². The lowest BCUT2D eigenvalue weighted by atomic mass is 10.1. The number of hydrogen-bond acceptors (Lipinski definition) is 5. The van der Waals surface area contributed by atoms with E-state index in [9.17, 15) is 4.39 Å². The molecule has 0 radical (unpaired) electrons. The van der Waals surface area contributed by atoms with E-state index >= 15 is 0 Å². The highest BCUT2D eigenvalue weighted by atomic mass is 35.5. The Labute approximate surface area is 143 Å². The van der Waals surface area contributed by atoms with Crippen molar-refractivity contribution in [2.75, 3.05) is 24.5 Å². The zero-order valence-electron chi connectivity index (χ0n) is 13.1. The largest absolute Gasteiger partial charge is 0.423 e. The molecule has 1 aliphatic heterocycles. The van der Waals surface area contributed by atoms with Crippen LogP contribution in [-0.2, 0) is 0 Å². The molecule has 24 heavy (non-hydrogen) atoms. The van der Waals surface area contributed by atoms with Crippen LogP contribution >= 0.6 is 11.6 Å². The number of hydrogen-bond donors (Lipinski definition) is 1. The second-order valence-electron chi connectivity index (χ2n) is 5.91. The zero-order valence-corrected chi connectivity index (χ0v) is 13.8. The quantitative estimate of drug-likeness (QED) is 0.770. The van der Waals surface area contributed by atoms with Crippen molar-refractivity contribution in [1.82, 2.24) is 15.3 Å². The number of rotatable bonds is 2. The van der Waals surface area contributed by atoms with E-state index < -0.39 is 0 Å². The lowest BCUT2D eigenvalue weighted by molar-refractivity contribution is 0.456. The Bertz CT molecular complexity index is 880. The molecule has 0 saturated carbocycles. The predicted octanol–water partition coefficient (Wildman–Crippen LogP) is 3.48. The van der Waals surface area contributed by atoms with Crippen LogP contribution in [0.5, 0.6) is 0 Å². The summed E-state index contributed by atoms with van der Waals surface area (Å²) in [7, 11) is 0. The molecule has 0 aliphatic carbocycles. The predicted molar refractivity (Wildman–Crippen MR) is 91.9 cm³/mol. The molecule has 1 aliphatic rings. The minimum Gasteiger partial charge on any atom is -0.423 e. The van der Waals surface area contributed by atoms with E-state index in [2.05, 4.69) is 27.1 Å². The summed E-state index contributed by atoms with van der Waals surface area (Å²) in [5, 5.41) is 3.88. The summed E-state index contributed by atoms with van der Waals surface area (Å²) in [6, 6.07) is 7.37. The second kappa shape index (κ2) is 6.03. The van der Waals surface area contributed by atoms with Gasteiger partial charge in [0, 0.05) is 36.3 Å². The average Bonchev–Trinajstić information content (AvgIpc) is 2.99. The van der Waals surface area contributed by atoms with Crippen LogP contribution in [0.2, 0.25) is 5.02 Å². The van der Waals surface area contributed by atoms with Gasteiger partial charge in [-0.3, -0.25) is 4.98 Å². The smallest absolute Gasteiger partial charge is 0.298 e. The summed E-state index contributed by atoms with van der Waals surface area (Å²) in [5.41, 5.74) is 2.59. The van der Waals surface area contributed by atoms with Gasteiger partial charge in [-0.15, -0.1) is 0 Å². The van der Waals surface area contributed by atoms with Crippen molar-refractivity contribution in [3.05, 3.63) is 41.3 Å². The van der Waals surface area contributed by atoms with Gasteiger partial charge in [-0.1, -0.05) is 11.6 Å². The zero-order chi connectivity index (χ0) is 16.7. The molecule has 1 atom stereocenters. The molecule has 0 spiro atoms. The maximum atomic E-state index is 13.1. The van der Waals surface area contributed by atoms with Gasteiger partial charge in [-0.05, 0) is 31.2 Å². The van der Waals surface area contributed by atoms with Gasteiger partial charge in [0.1, 0.15) is 11.3 Å². The van der Waals surface area contributed by atoms with Crippen molar-refractivity contribution in [2.24, 2.45) is 0 Å². The molecule has 2 aromatic heterocycles. The number of fused-ring (bicyclic) bond motifs is 1. The fourth-order valence-electron chi connectivity index (χ4n) is 2.96. The molecule has 5 nitrogen and oxygen atoms in total. The Balaban J connectivity index is 1.84. The number of nitrogens with zero attached hydrogens (tertiary/aromatic N) is 3. The fourth-order valence-corrected chi connectivity index (χ4v) is 3.17. The lowest BCUT2D eigenvalue weighted by Crippen LogP contribution is -2.50. The number of anilines is 1. The maximum absolute atomic E-state index is 13.1. The second-order valence-corrected chi connectivity index (χ2v) is 6.34. The van der Waals surface area contributed by atoms with E-state index in [1.807, 2.05) is 0 Å². The molecule has 0 bridgehead atoms. The van der Waals surface area contributed by atoms with Crippen molar-refractivity contribution in [3.63, 3.8) is 0 Å². The third kappa shape index (κ3) is 2.72. The highest BCUT2D eigenvalue weighted by Gasteiger charge is 2.24. The fraction of sp³-hybridized carbons (Fsp3) is 0.294. The minimum atomic E-state index is -0.384. The Kier molecular flexibility index (Phi) is 3.86. The first kappa shape index (κ1) is 15.4. The van der Waals surface area contributed by atoms with Gasteiger partial charge in [0.25, 0.3) is 6.01 Å². The van der Waals surface area contributed by atoms with Crippen LogP contribution in [0.15, 0.2) is 34.9 Å². The normalized spacial score (nSPS) is 18.3. The minimum absolute atomic E-state index is 0.287. The van der Waals surface area contributed by atoms with Crippen LogP contribution in [0, 0.1) is 5.82 Å². The first-order valence-corrected chi connectivity index (χ1v) is 8.19. The van der Waals surface area contributed by atoms with E-state index in [0.717, 1.165) is 19.6 Å². The first-order chi connectivity index (χ1) is 11.6. The van der Waals surface area contributed by atoms with Crippen LogP contribution in [-0.4, -0.2) is 35.6 Å². The molecule has 3 heterocycles. The monoisotopic (exact) mass is 346 g/mol. The molecule has 1 fully saturated rings. The van der Waals surface area contributed by atoms with Crippen molar-refractivity contribution in [2.45, 2.75) is 13.0 Å². The number of benzene rings is 1. The van der Waals surface area contributed by atoms with Gasteiger partial charge in [0.15, 0.2) is 5.58 Å². The third-order valence-corrected chi connectivity index (χ3v) is 4.41. The van der Waals surface area contributed by atoms with Crippen molar-refractivity contribution >= 4 is 28.7 Å². The molecule has 0 amide bonds. The highest BCUT2D eigenvalue weighted by molar-refractivity contribution is 6.31. The molecule has 1 saturated heterocycles. The highest BCUT2D eigenvalue weighted by Crippen LogP contribution is 2.34. The van der Waals surface area contributed by atoms with Gasteiger partial charge in [0.2, 0.25) is 0 Å². The number of oxazole rings is 1. The Hall–Kier alpha value is -2.18. The van der Waals surface area contributed by atoms with Crippen LogP contribution in [0.4, 0.5) is 10.4 Å². The van der Waals surface area contributed by atoms with Crippen molar-refractivity contribution in [1.29, 1.82) is 0 Å². The molecular formula is C17H16ClFN4O. The summed E-state index contributed by atoms with van der Waals surface area (Å²) < 4.78 is 19.2. The van der Waals surface area contributed by atoms with Gasteiger partial charge < -0.3 is 14.6 Å². The van der Waals surface area contributed by atoms with Crippen molar-refractivity contribution in [3.8, 4) is 11.3 Å². The number of pyridine rings is 1. The molecule has 1 N–H and O–H groups in total. The summed E-state index contributed by atoms with van der Waals surface area (Å²) >= 11 is 6.22. The molecule has 4 rings (SSSR count). The standard InChI is InChI=1S/C17H16ClFN4O/c1-10-8-20-4-5-23(10)17-22-15-7-11(18)6-13(16(15)24-17)14-3-2-12(19)9-21-14/h2-3,6-7,9-10,20H,4-5,8H2,1H3. The van der Waals surface area contributed by atoms with Gasteiger partial charge in [-0.25, -0.2) is 4.39 Å². The van der Waals surface area contributed by atoms with Crippen molar-refractivity contribution < 1.29 is 8.81 Å². The SMILES string of the molecule is CC1CNCCN1c1nc2cc(Cl)cc(-c3ccc(F)cn3)c2o1. The summed E-state index contributed by atoms with van der Waals surface area (Å²) in [6.45, 7) is 4.71. The van der Waals surface area contributed by atoms with Crippen LogP contribution in [0.3, 0.4) is 0 Å². The Morgan fingerprint density at radius 1 is 1.38 bits per heavy atom. The third-order valence-electron chi connectivity index (χ3n) is 4.19. The number of piperazine rings is 1. The number of halogens is 2. The lowest BCUT2D eigenvalue weighted by Gasteiger charge is -2.32. The molecule has 1 aromatic carbocycles. The van der Waals surface area contributed by atoms with E-state index in [1.54, 1.807) is 18.2 Å². The number of aromatic nitrogens is 2. The summed E-state index contributed by atoms with van der Waals surface area (Å²) in [6.07, 6.45) is 1.18. The Morgan fingerprint density at radius 3 is 3.00 bits per heavy atom. The summed E-state index contributed by atoms with van der Waals surface area (Å²) in [5.74, 6) is -0.384. The van der Waals surface area contributed by atoms with Gasteiger partial charge in [0.05, 0.1) is 11.9 Å². The molecule has 3 aromatic rings. The van der Waals surface area contributed by atoms with E-state index in [0.29, 0.717) is 33.4 Å². The first-order valence-electron chi connectivity index (χ1n) is 7.81. The molecule has 124 valence electrons. The topological polar surface area (TPSA) is 54.2 Å². The Morgan fingerprint density at radius 2 is 2.25 bits per heavy atom. The average molecular weight is 347 g/mol. The summed E-state index contributed by atoms with van der Waals surface area (Å²) in [4.78, 5) is 10.9. The van der Waals surface area contributed by atoms with Crippen LogP contribution < -0.4 is 10.2 Å². The molecule has 7 heteroatoms. The van der Waals surface area contributed by atoms with Crippen LogP contribution in [0.25, 0.3) is 22.4 Å². The van der Waals surface area contributed by atoms with Gasteiger partial charge in [-0.2, -0.15) is 4.98 Å². The molecular weight excluding hydrogens is 331 g/mol. The van der Waals surface area contributed by atoms with E-state index in [-0.39, 0.29) is 11.9 Å². The maximum Gasteiger partial charge on any atom is 0.298 e.